The molecule has 1 aromatic rings. The summed E-state index contributed by atoms with van der Waals surface area (Å²) in [5, 5.41) is 10.5. The molecule has 2 rings (SSSR count). The molecular formula is C19H31NO2. The van der Waals surface area contributed by atoms with Crippen molar-refractivity contribution in [2.24, 2.45) is 17.6 Å². The van der Waals surface area contributed by atoms with Crippen molar-refractivity contribution in [3.8, 4) is 5.75 Å². The van der Waals surface area contributed by atoms with Crippen LogP contribution in [0.5, 0.6) is 5.75 Å². The summed E-state index contributed by atoms with van der Waals surface area (Å²) in [5.41, 5.74) is 6.72. The summed E-state index contributed by atoms with van der Waals surface area (Å²) in [6.45, 7) is 3.44. The Hall–Kier alpha value is -1.06. The number of aliphatic hydroxyl groups excluding tert-OH is 1. The van der Waals surface area contributed by atoms with Gasteiger partial charge in [-0.05, 0) is 49.4 Å². The maximum atomic E-state index is 10.5. The predicted octanol–water partition coefficient (Wildman–Crippen LogP) is 4.05. The van der Waals surface area contributed by atoms with Gasteiger partial charge in [0, 0.05) is 5.92 Å². The van der Waals surface area contributed by atoms with Crippen LogP contribution in [0.3, 0.4) is 0 Å². The first-order chi connectivity index (χ1) is 10.7. The normalized spacial score (nSPS) is 18.9. The molecule has 1 aliphatic rings. The van der Waals surface area contributed by atoms with Crippen LogP contribution in [0, 0.1) is 11.8 Å². The van der Waals surface area contributed by atoms with Gasteiger partial charge in [0.25, 0.3) is 0 Å². The van der Waals surface area contributed by atoms with Gasteiger partial charge in [-0.1, -0.05) is 44.7 Å². The number of hydrogen-bond acceptors (Lipinski definition) is 3. The SMILES string of the molecule is CCC[C@H](CN)[C@@H](O)c1cccc(OCC2CCCCC2)c1. The molecule has 3 heteroatoms. The van der Waals surface area contributed by atoms with E-state index in [4.69, 9.17) is 10.5 Å². The summed E-state index contributed by atoms with van der Waals surface area (Å²) in [5.74, 6) is 1.69. The Balaban J connectivity index is 1.93. The first-order valence-electron chi connectivity index (χ1n) is 8.85. The third-order valence-electron chi connectivity index (χ3n) is 4.82. The van der Waals surface area contributed by atoms with Gasteiger partial charge in [-0.15, -0.1) is 0 Å². The fraction of sp³-hybridized carbons (Fsp3) is 0.684. The zero-order chi connectivity index (χ0) is 15.8. The largest absolute Gasteiger partial charge is 0.493 e. The average Bonchev–Trinajstić information content (AvgIpc) is 2.58. The van der Waals surface area contributed by atoms with Crippen LogP contribution in [0.25, 0.3) is 0 Å². The van der Waals surface area contributed by atoms with Crippen molar-refractivity contribution < 1.29 is 9.84 Å². The third-order valence-corrected chi connectivity index (χ3v) is 4.82. The molecular weight excluding hydrogens is 274 g/mol. The molecule has 1 fully saturated rings. The molecule has 0 aliphatic heterocycles. The van der Waals surface area contributed by atoms with Crippen molar-refractivity contribution in [2.45, 2.75) is 58.0 Å². The smallest absolute Gasteiger partial charge is 0.119 e. The summed E-state index contributed by atoms with van der Waals surface area (Å²) in [4.78, 5) is 0. The second kappa shape index (κ2) is 9.16. The molecule has 0 amide bonds. The number of aliphatic hydroxyl groups is 1. The van der Waals surface area contributed by atoms with E-state index in [0.29, 0.717) is 12.5 Å². The summed E-state index contributed by atoms with van der Waals surface area (Å²) in [6, 6.07) is 7.90. The number of nitrogens with two attached hydrogens (primary N) is 1. The first kappa shape index (κ1) is 17.3. The van der Waals surface area contributed by atoms with Gasteiger partial charge in [0.2, 0.25) is 0 Å². The van der Waals surface area contributed by atoms with Crippen LogP contribution in [0.2, 0.25) is 0 Å². The standard InChI is InChI=1S/C19H31NO2/c1-2-7-17(13-20)19(21)16-10-6-11-18(12-16)22-14-15-8-4-3-5-9-15/h6,10-12,15,17,19,21H,2-5,7-9,13-14,20H2,1H3/t17-,19+/m1/s1. The highest BCUT2D eigenvalue weighted by molar-refractivity contribution is 5.30. The summed E-state index contributed by atoms with van der Waals surface area (Å²) in [7, 11) is 0. The topological polar surface area (TPSA) is 55.5 Å². The minimum atomic E-state index is -0.497. The van der Waals surface area contributed by atoms with Crippen molar-refractivity contribution in [1.29, 1.82) is 0 Å². The Morgan fingerprint density at radius 2 is 2.05 bits per heavy atom. The lowest BCUT2D eigenvalue weighted by atomic mass is 9.90. The molecule has 0 unspecified atom stereocenters. The van der Waals surface area contributed by atoms with E-state index >= 15 is 0 Å². The molecule has 0 radical (unpaired) electrons. The van der Waals surface area contributed by atoms with E-state index in [9.17, 15) is 5.11 Å². The summed E-state index contributed by atoms with van der Waals surface area (Å²) >= 11 is 0. The van der Waals surface area contributed by atoms with E-state index in [1.807, 2.05) is 24.3 Å². The van der Waals surface area contributed by atoms with Crippen LogP contribution in [-0.4, -0.2) is 18.3 Å². The molecule has 3 N–H and O–H groups in total. The fourth-order valence-electron chi connectivity index (χ4n) is 3.40. The van der Waals surface area contributed by atoms with E-state index in [-0.39, 0.29) is 5.92 Å². The fourth-order valence-corrected chi connectivity index (χ4v) is 3.40. The minimum Gasteiger partial charge on any atom is -0.493 e. The molecule has 3 nitrogen and oxygen atoms in total. The van der Waals surface area contributed by atoms with E-state index in [0.717, 1.165) is 30.8 Å². The number of benzene rings is 1. The second-order valence-electron chi connectivity index (χ2n) is 6.62. The molecule has 22 heavy (non-hydrogen) atoms. The number of hydrogen-bond donors (Lipinski definition) is 2. The van der Waals surface area contributed by atoms with Gasteiger partial charge in [0.05, 0.1) is 12.7 Å². The maximum Gasteiger partial charge on any atom is 0.119 e. The highest BCUT2D eigenvalue weighted by atomic mass is 16.5. The van der Waals surface area contributed by atoms with Crippen LogP contribution in [0.15, 0.2) is 24.3 Å². The van der Waals surface area contributed by atoms with E-state index in [1.54, 1.807) is 0 Å². The molecule has 0 saturated heterocycles. The van der Waals surface area contributed by atoms with Crippen LogP contribution >= 0.6 is 0 Å². The Morgan fingerprint density at radius 1 is 1.27 bits per heavy atom. The lowest BCUT2D eigenvalue weighted by Gasteiger charge is -2.23. The van der Waals surface area contributed by atoms with Crippen molar-refractivity contribution >= 4 is 0 Å². The van der Waals surface area contributed by atoms with Crippen molar-refractivity contribution in [2.75, 3.05) is 13.2 Å². The molecule has 1 saturated carbocycles. The van der Waals surface area contributed by atoms with Crippen molar-refractivity contribution in [1.82, 2.24) is 0 Å². The zero-order valence-electron chi connectivity index (χ0n) is 13.8. The lowest BCUT2D eigenvalue weighted by Crippen LogP contribution is -2.22. The average molecular weight is 305 g/mol. The Morgan fingerprint density at radius 3 is 2.73 bits per heavy atom. The second-order valence-corrected chi connectivity index (χ2v) is 6.62. The summed E-state index contributed by atoms with van der Waals surface area (Å²) in [6.07, 6.45) is 8.10. The highest BCUT2D eigenvalue weighted by Crippen LogP contribution is 2.29. The molecule has 124 valence electrons. The predicted molar refractivity (Wildman–Crippen MR) is 90.9 cm³/mol. The molecule has 0 spiro atoms. The molecule has 1 aliphatic carbocycles. The quantitative estimate of drug-likeness (QED) is 0.761. The number of ether oxygens (including phenoxy) is 1. The van der Waals surface area contributed by atoms with Crippen LogP contribution in [-0.2, 0) is 0 Å². The van der Waals surface area contributed by atoms with Crippen LogP contribution in [0.1, 0.15) is 63.5 Å². The summed E-state index contributed by atoms with van der Waals surface area (Å²) < 4.78 is 5.97. The molecule has 0 heterocycles. The third kappa shape index (κ3) is 4.99. The monoisotopic (exact) mass is 305 g/mol. The van der Waals surface area contributed by atoms with E-state index < -0.39 is 6.10 Å². The van der Waals surface area contributed by atoms with E-state index in [1.165, 1.54) is 32.1 Å². The van der Waals surface area contributed by atoms with Gasteiger partial charge < -0.3 is 15.6 Å². The van der Waals surface area contributed by atoms with Gasteiger partial charge in [-0.3, -0.25) is 0 Å². The zero-order valence-corrected chi connectivity index (χ0v) is 13.8. The van der Waals surface area contributed by atoms with Crippen molar-refractivity contribution in [3.63, 3.8) is 0 Å². The Bertz CT molecular complexity index is 429. The molecule has 1 aromatic carbocycles. The van der Waals surface area contributed by atoms with Gasteiger partial charge in [0.15, 0.2) is 0 Å². The van der Waals surface area contributed by atoms with Gasteiger partial charge in [0.1, 0.15) is 5.75 Å². The Kier molecular flexibility index (Phi) is 7.20. The lowest BCUT2D eigenvalue weighted by molar-refractivity contribution is 0.106. The Labute approximate surface area is 134 Å². The maximum absolute atomic E-state index is 10.5. The van der Waals surface area contributed by atoms with Gasteiger partial charge in [-0.25, -0.2) is 0 Å². The molecule has 0 aromatic heterocycles. The number of rotatable bonds is 8. The van der Waals surface area contributed by atoms with Crippen LogP contribution < -0.4 is 10.5 Å². The highest BCUT2D eigenvalue weighted by Gasteiger charge is 2.19. The minimum absolute atomic E-state index is 0.124. The van der Waals surface area contributed by atoms with Crippen LogP contribution in [0.4, 0.5) is 0 Å². The van der Waals surface area contributed by atoms with E-state index in [2.05, 4.69) is 6.92 Å². The molecule has 2 atom stereocenters. The van der Waals surface area contributed by atoms with Gasteiger partial charge >= 0.3 is 0 Å². The molecule has 0 bridgehead atoms. The first-order valence-corrected chi connectivity index (χ1v) is 8.85. The van der Waals surface area contributed by atoms with Crippen molar-refractivity contribution in [3.05, 3.63) is 29.8 Å². The van der Waals surface area contributed by atoms with Gasteiger partial charge in [-0.2, -0.15) is 0 Å².